The molecule has 0 aliphatic heterocycles. The lowest BCUT2D eigenvalue weighted by atomic mass is 10.1. The Labute approximate surface area is 147 Å². The fraction of sp³-hybridized carbons (Fsp3) is 0.158. The first-order chi connectivity index (χ1) is 12.3. The van der Waals surface area contributed by atoms with Gasteiger partial charge in [0, 0.05) is 11.8 Å². The molecule has 0 radical (unpaired) electrons. The van der Waals surface area contributed by atoms with Crippen LogP contribution in [-0.2, 0) is 6.18 Å². The smallest absolute Gasteiger partial charge is 0.416 e. The van der Waals surface area contributed by atoms with Gasteiger partial charge in [-0.2, -0.15) is 13.2 Å². The molecule has 0 aliphatic rings. The standard InChI is InChI=1S/C19H15F3N2O2/c1-12(15-4-2-3-11-23-15)24-18(25)17-10-9-16(26-17)13-5-7-14(8-6-13)19(20,21)22/h2-12H,1H3,(H,24,25)/t12-/m0/s1. The SMILES string of the molecule is C[C@H](NC(=O)c1ccc(-c2ccc(C(F)(F)F)cc2)o1)c1ccccn1. The molecular formula is C19H15F3N2O2. The van der Waals surface area contributed by atoms with Crippen LogP contribution in [0.25, 0.3) is 11.3 Å². The van der Waals surface area contributed by atoms with Crippen molar-refractivity contribution in [3.05, 3.63) is 77.8 Å². The minimum absolute atomic E-state index is 0.0719. The number of pyridine rings is 1. The van der Waals surface area contributed by atoms with Gasteiger partial charge in [-0.25, -0.2) is 0 Å². The zero-order chi connectivity index (χ0) is 18.7. The van der Waals surface area contributed by atoms with Crippen molar-refractivity contribution >= 4 is 5.91 Å². The Hall–Kier alpha value is -3.09. The van der Waals surface area contributed by atoms with Gasteiger partial charge in [0.2, 0.25) is 0 Å². The highest BCUT2D eigenvalue weighted by Crippen LogP contribution is 2.31. The van der Waals surface area contributed by atoms with Gasteiger partial charge in [-0.15, -0.1) is 0 Å². The molecular weight excluding hydrogens is 345 g/mol. The number of rotatable bonds is 4. The van der Waals surface area contributed by atoms with Gasteiger partial charge in [-0.3, -0.25) is 9.78 Å². The van der Waals surface area contributed by atoms with Crippen LogP contribution in [0.15, 0.2) is 65.2 Å². The van der Waals surface area contributed by atoms with Crippen LogP contribution in [0.3, 0.4) is 0 Å². The zero-order valence-corrected chi connectivity index (χ0v) is 13.7. The highest BCUT2D eigenvalue weighted by Gasteiger charge is 2.30. The van der Waals surface area contributed by atoms with Crippen molar-refractivity contribution < 1.29 is 22.4 Å². The quantitative estimate of drug-likeness (QED) is 0.723. The first-order valence-electron chi connectivity index (χ1n) is 7.84. The van der Waals surface area contributed by atoms with E-state index in [1.54, 1.807) is 31.3 Å². The summed E-state index contributed by atoms with van der Waals surface area (Å²) in [5.74, 6) is -0.0432. The molecule has 1 N–H and O–H groups in total. The molecule has 1 amide bonds. The van der Waals surface area contributed by atoms with Gasteiger partial charge < -0.3 is 9.73 Å². The number of nitrogens with one attached hydrogen (secondary N) is 1. The molecule has 2 aromatic heterocycles. The molecule has 0 fully saturated rings. The van der Waals surface area contributed by atoms with Crippen LogP contribution < -0.4 is 5.32 Å². The van der Waals surface area contributed by atoms with Crippen molar-refractivity contribution in [1.29, 1.82) is 0 Å². The second-order valence-electron chi connectivity index (χ2n) is 5.69. The van der Waals surface area contributed by atoms with E-state index in [2.05, 4.69) is 10.3 Å². The molecule has 3 rings (SSSR count). The maximum Gasteiger partial charge on any atom is 0.416 e. The number of carbonyl (C=O) groups excluding carboxylic acids is 1. The molecule has 0 unspecified atom stereocenters. The molecule has 1 atom stereocenters. The van der Waals surface area contributed by atoms with E-state index in [1.807, 2.05) is 6.07 Å². The van der Waals surface area contributed by atoms with Crippen LogP contribution >= 0.6 is 0 Å². The molecule has 2 heterocycles. The van der Waals surface area contributed by atoms with Crippen molar-refractivity contribution in [1.82, 2.24) is 10.3 Å². The number of hydrogen-bond donors (Lipinski definition) is 1. The van der Waals surface area contributed by atoms with Crippen molar-refractivity contribution in [2.24, 2.45) is 0 Å². The summed E-state index contributed by atoms with van der Waals surface area (Å²) in [4.78, 5) is 16.4. The Kier molecular flexibility index (Phi) is 4.79. The van der Waals surface area contributed by atoms with Gasteiger partial charge in [-0.1, -0.05) is 18.2 Å². The zero-order valence-electron chi connectivity index (χ0n) is 13.7. The predicted molar refractivity (Wildman–Crippen MR) is 89.3 cm³/mol. The van der Waals surface area contributed by atoms with Gasteiger partial charge in [0.05, 0.1) is 17.3 Å². The van der Waals surface area contributed by atoms with Crippen molar-refractivity contribution in [2.75, 3.05) is 0 Å². The Balaban J connectivity index is 1.72. The average molecular weight is 360 g/mol. The molecule has 7 heteroatoms. The van der Waals surface area contributed by atoms with Crippen LogP contribution in [0.2, 0.25) is 0 Å². The molecule has 0 aliphatic carbocycles. The van der Waals surface area contributed by atoms with Gasteiger partial charge in [0.15, 0.2) is 5.76 Å². The number of benzene rings is 1. The minimum Gasteiger partial charge on any atom is -0.451 e. The van der Waals surface area contributed by atoms with Gasteiger partial charge in [0.25, 0.3) is 5.91 Å². The van der Waals surface area contributed by atoms with E-state index in [0.717, 1.165) is 12.1 Å². The molecule has 26 heavy (non-hydrogen) atoms. The Morgan fingerprint density at radius 3 is 2.42 bits per heavy atom. The van der Waals surface area contributed by atoms with Crippen molar-refractivity contribution in [3.63, 3.8) is 0 Å². The van der Waals surface area contributed by atoms with E-state index in [0.29, 0.717) is 17.0 Å². The largest absolute Gasteiger partial charge is 0.451 e. The molecule has 134 valence electrons. The number of alkyl halides is 3. The number of hydrogen-bond acceptors (Lipinski definition) is 3. The predicted octanol–water partition coefficient (Wildman–Crippen LogP) is 4.85. The molecule has 4 nitrogen and oxygen atoms in total. The van der Waals surface area contributed by atoms with Crippen molar-refractivity contribution in [2.45, 2.75) is 19.1 Å². The maximum absolute atomic E-state index is 12.6. The molecule has 3 aromatic rings. The van der Waals surface area contributed by atoms with Gasteiger partial charge in [0.1, 0.15) is 5.76 Å². The molecule has 1 aromatic carbocycles. The molecule has 0 bridgehead atoms. The van der Waals surface area contributed by atoms with E-state index in [1.165, 1.54) is 18.2 Å². The van der Waals surface area contributed by atoms with Gasteiger partial charge in [-0.05, 0) is 43.3 Å². The van der Waals surface area contributed by atoms with Crippen LogP contribution in [0.1, 0.15) is 34.8 Å². The van der Waals surface area contributed by atoms with Crippen LogP contribution in [0, 0.1) is 0 Å². The highest BCUT2D eigenvalue weighted by molar-refractivity contribution is 5.92. The average Bonchev–Trinajstić information content (AvgIpc) is 3.12. The monoisotopic (exact) mass is 360 g/mol. The fourth-order valence-electron chi connectivity index (χ4n) is 2.41. The Bertz CT molecular complexity index is 887. The maximum atomic E-state index is 12.6. The summed E-state index contributed by atoms with van der Waals surface area (Å²) in [6.45, 7) is 1.79. The lowest BCUT2D eigenvalue weighted by molar-refractivity contribution is -0.137. The Morgan fingerprint density at radius 2 is 1.81 bits per heavy atom. The Morgan fingerprint density at radius 1 is 1.08 bits per heavy atom. The molecule has 0 saturated carbocycles. The van der Waals surface area contributed by atoms with Gasteiger partial charge >= 0.3 is 6.18 Å². The second kappa shape index (κ2) is 7.03. The number of halogens is 3. The summed E-state index contributed by atoms with van der Waals surface area (Å²) < 4.78 is 43.3. The third-order valence-electron chi connectivity index (χ3n) is 3.81. The summed E-state index contributed by atoms with van der Waals surface area (Å²) in [7, 11) is 0. The molecule has 0 saturated heterocycles. The number of aromatic nitrogens is 1. The third kappa shape index (κ3) is 3.93. The van der Waals surface area contributed by atoms with E-state index in [9.17, 15) is 18.0 Å². The highest BCUT2D eigenvalue weighted by atomic mass is 19.4. The number of amides is 1. The number of carbonyl (C=O) groups is 1. The normalized spacial score (nSPS) is 12.6. The summed E-state index contributed by atoms with van der Waals surface area (Å²) in [6, 6.07) is 12.7. The third-order valence-corrected chi connectivity index (χ3v) is 3.81. The first kappa shape index (κ1) is 17.7. The summed E-state index contributed by atoms with van der Waals surface area (Å²) >= 11 is 0. The lowest BCUT2D eigenvalue weighted by Gasteiger charge is -2.11. The van der Waals surface area contributed by atoms with Crippen molar-refractivity contribution in [3.8, 4) is 11.3 Å². The van der Waals surface area contributed by atoms with Crippen LogP contribution in [-0.4, -0.2) is 10.9 Å². The van der Waals surface area contributed by atoms with E-state index < -0.39 is 17.6 Å². The first-order valence-corrected chi connectivity index (χ1v) is 7.84. The second-order valence-corrected chi connectivity index (χ2v) is 5.69. The van der Waals surface area contributed by atoms with E-state index in [-0.39, 0.29) is 11.8 Å². The summed E-state index contributed by atoms with van der Waals surface area (Å²) in [5, 5.41) is 2.76. The fourth-order valence-corrected chi connectivity index (χ4v) is 2.41. The van der Waals surface area contributed by atoms with E-state index >= 15 is 0 Å². The number of furan rings is 1. The van der Waals surface area contributed by atoms with E-state index in [4.69, 9.17) is 4.42 Å². The lowest BCUT2D eigenvalue weighted by Crippen LogP contribution is -2.26. The summed E-state index contributed by atoms with van der Waals surface area (Å²) in [5.41, 5.74) is 0.417. The van der Waals surface area contributed by atoms with Crippen LogP contribution in [0.4, 0.5) is 13.2 Å². The molecule has 0 spiro atoms. The summed E-state index contributed by atoms with van der Waals surface area (Å²) in [6.07, 6.45) is -2.76. The van der Waals surface area contributed by atoms with Crippen LogP contribution in [0.5, 0.6) is 0 Å². The topological polar surface area (TPSA) is 55.1 Å². The number of nitrogens with zero attached hydrogens (tertiary/aromatic N) is 1. The minimum atomic E-state index is -4.39.